The number of aryl methyl sites for hydroxylation is 2. The first-order chi connectivity index (χ1) is 42.8. The minimum atomic E-state index is -2.79. The van der Waals surface area contributed by atoms with Crippen LogP contribution in [0.15, 0.2) is 206 Å². The predicted molar refractivity (Wildman–Crippen MR) is 309 cm³/mol. The molecule has 0 unspecified atom stereocenters. The number of aromatic nitrogens is 4. The fourth-order valence-corrected chi connectivity index (χ4v) is 9.75. The third-order valence-corrected chi connectivity index (χ3v) is 13.6. The number of nitrogens with zero attached hydrogens (tertiary/aromatic N) is 4. The molecule has 12 aromatic rings. The van der Waals surface area contributed by atoms with Gasteiger partial charge in [-0.3, -0.25) is 4.57 Å². The Kier molecular flexibility index (Phi) is 9.01. The summed E-state index contributed by atoms with van der Waals surface area (Å²) < 4.78 is 152. The minimum absolute atomic E-state index is 0. The molecule has 376 valence electrons. The van der Waals surface area contributed by atoms with E-state index in [2.05, 4.69) is 113 Å². The molecule has 3 aromatic heterocycles. The zero-order valence-corrected chi connectivity index (χ0v) is 44.6. The standard InChI is InChI=1S/C70H58N4O.Pt/c1-46-18-15-19-47(2)67(46)52-31-37-63-65(41-52)72(45-73(63)68-58(49-20-11-9-12-21-49)26-17-27-59(68)50-22-13-10-14-23-50)55-24-16-25-56(43-55)75-57-34-35-60-61-40-51(48-28-32-53(33-29-48)69(3,4)5)30-36-62(61)74(64(60)44-57)66-42-54(38-39-71-66)70(6,7)8;/h9-42H,1-8H3;/q-2;/i1D3,2D3,9D,10D,11D,12D,13D,14D,20D,21D,22D,23D;. The van der Waals surface area contributed by atoms with Crippen molar-refractivity contribution in [3.8, 4) is 73.2 Å². The van der Waals surface area contributed by atoms with E-state index in [-0.39, 0.29) is 105 Å². The van der Waals surface area contributed by atoms with Gasteiger partial charge in [-0.15, -0.1) is 29.7 Å². The molecule has 0 saturated carbocycles. The number of imidazole rings is 1. The van der Waals surface area contributed by atoms with Crippen molar-refractivity contribution in [3.05, 3.63) is 247 Å². The van der Waals surface area contributed by atoms with Gasteiger partial charge in [0.1, 0.15) is 5.82 Å². The van der Waals surface area contributed by atoms with Gasteiger partial charge in [0, 0.05) is 52.5 Å². The molecular weight excluding hydrogens is 1110 g/mol. The molecule has 76 heavy (non-hydrogen) atoms. The van der Waals surface area contributed by atoms with Crippen molar-refractivity contribution in [1.29, 1.82) is 0 Å². The van der Waals surface area contributed by atoms with Crippen molar-refractivity contribution in [2.75, 3.05) is 0 Å². The van der Waals surface area contributed by atoms with Crippen LogP contribution in [0.4, 0.5) is 0 Å². The zero-order valence-electron chi connectivity index (χ0n) is 58.4. The fourth-order valence-electron chi connectivity index (χ4n) is 9.75. The van der Waals surface area contributed by atoms with E-state index >= 15 is 0 Å². The van der Waals surface area contributed by atoms with E-state index < -0.39 is 74.1 Å². The van der Waals surface area contributed by atoms with Crippen LogP contribution >= 0.6 is 0 Å². The average Bonchev–Trinajstić information content (AvgIpc) is 1.45. The van der Waals surface area contributed by atoms with Gasteiger partial charge in [0.25, 0.3) is 6.33 Å². The van der Waals surface area contributed by atoms with Crippen molar-refractivity contribution < 1.29 is 52.3 Å². The molecule has 0 spiro atoms. The molecule has 6 heteroatoms. The summed E-state index contributed by atoms with van der Waals surface area (Å²) in [6.45, 7) is 7.42. The van der Waals surface area contributed by atoms with Crippen LogP contribution in [0.2, 0.25) is 0 Å². The monoisotopic (exact) mass is 1180 g/mol. The number of ether oxygens (including phenoxy) is 1. The van der Waals surface area contributed by atoms with Crippen molar-refractivity contribution in [2.45, 2.75) is 66.1 Å². The van der Waals surface area contributed by atoms with Crippen molar-refractivity contribution >= 4 is 32.8 Å². The van der Waals surface area contributed by atoms with E-state index in [1.54, 1.807) is 36.5 Å². The number of pyridine rings is 1. The molecule has 0 atom stereocenters. The van der Waals surface area contributed by atoms with Crippen LogP contribution in [0.25, 0.3) is 94.5 Å². The number of benzene rings is 9. The van der Waals surface area contributed by atoms with E-state index in [4.69, 9.17) is 26.2 Å². The van der Waals surface area contributed by atoms with E-state index in [0.29, 0.717) is 17.1 Å². The molecular formula is C70H58N4OPt-2. The Hall–Kier alpha value is -8.11. The SMILES string of the molecule is [2H]c1c([2H])c([2H])c(-c2cccc(-c3c([2H])c([2H])c([2H])c([2H])c3[2H])c2-[n+]2[c-]n(-c3[c-]c(Oc4[c-]c5c(cc4)c4cc(-c6ccc(C(C)(C)C)cc6)ccc4n5-c4cc(C(C)(C)C)ccn4)ccc3)c3cc(-c4c(C([2H])([2H])[2H])cccc4C([2H])([2H])[2H])ccc32)c([2H])c1[2H].[Pt]. The first-order valence-electron chi connectivity index (χ1n) is 32.5. The quantitative estimate of drug-likeness (QED) is 0.107. The van der Waals surface area contributed by atoms with Gasteiger partial charge in [-0.05, 0) is 127 Å². The van der Waals surface area contributed by atoms with Gasteiger partial charge in [-0.1, -0.05) is 192 Å². The van der Waals surface area contributed by atoms with Crippen LogP contribution in [0, 0.1) is 32.2 Å². The van der Waals surface area contributed by atoms with Crippen molar-refractivity contribution in [1.82, 2.24) is 14.1 Å². The molecule has 0 radical (unpaired) electrons. The number of hydrogen-bond acceptors (Lipinski definition) is 2. The Bertz CT molecular complexity index is 4800. The second-order valence-corrected chi connectivity index (χ2v) is 20.5. The molecule has 3 heterocycles. The van der Waals surface area contributed by atoms with Crippen LogP contribution in [0.5, 0.6) is 11.5 Å². The summed E-state index contributed by atoms with van der Waals surface area (Å²) in [7, 11) is 0. The molecule has 0 bridgehead atoms. The van der Waals surface area contributed by atoms with Crippen molar-refractivity contribution in [3.63, 3.8) is 0 Å². The van der Waals surface area contributed by atoms with Gasteiger partial charge in [0.05, 0.1) is 30.4 Å². The van der Waals surface area contributed by atoms with Gasteiger partial charge in [-0.2, -0.15) is 18.2 Å². The molecule has 12 rings (SSSR count). The Morgan fingerprint density at radius 2 is 1.18 bits per heavy atom. The summed E-state index contributed by atoms with van der Waals surface area (Å²) in [5, 5.41) is 1.85. The summed E-state index contributed by atoms with van der Waals surface area (Å²) in [4.78, 5) is 4.91. The zero-order chi connectivity index (χ0) is 65.3. The first kappa shape index (κ1) is 34.5. The van der Waals surface area contributed by atoms with Gasteiger partial charge < -0.3 is 13.9 Å². The second-order valence-electron chi connectivity index (χ2n) is 20.5. The molecule has 0 aliphatic carbocycles. The smallest absolute Gasteiger partial charge is 0.268 e. The minimum Gasteiger partial charge on any atom is -0.510 e. The molecule has 5 nitrogen and oxygen atoms in total. The third-order valence-electron chi connectivity index (χ3n) is 13.6. The topological polar surface area (TPSA) is 35.9 Å². The summed E-state index contributed by atoms with van der Waals surface area (Å²) in [6, 6.07) is 41.8. The molecule has 0 fully saturated rings. The second kappa shape index (κ2) is 19.9. The average molecular weight is 1180 g/mol. The van der Waals surface area contributed by atoms with Crippen LogP contribution in [-0.4, -0.2) is 14.1 Å². The predicted octanol–water partition coefficient (Wildman–Crippen LogP) is 17.5. The summed E-state index contributed by atoms with van der Waals surface area (Å²) >= 11 is 0. The summed E-state index contributed by atoms with van der Waals surface area (Å²) in [6.07, 6.45) is 5.17. The summed E-state index contributed by atoms with van der Waals surface area (Å²) in [5.74, 6) is 1.18. The van der Waals surface area contributed by atoms with Crippen LogP contribution < -0.4 is 9.30 Å². The maximum atomic E-state index is 9.22. The van der Waals surface area contributed by atoms with Crippen LogP contribution in [0.3, 0.4) is 0 Å². The molecule has 0 amide bonds. The Balaban J connectivity index is 0.00000867. The fraction of sp³-hybridized carbons (Fsp3) is 0.143. The van der Waals surface area contributed by atoms with Crippen LogP contribution in [0.1, 0.15) is 85.7 Å². The maximum Gasteiger partial charge on any atom is 0.268 e. The van der Waals surface area contributed by atoms with Crippen molar-refractivity contribution in [2.24, 2.45) is 0 Å². The number of fused-ring (bicyclic) bond motifs is 4. The number of rotatable bonds is 9. The van der Waals surface area contributed by atoms with Gasteiger partial charge in [0.2, 0.25) is 0 Å². The number of para-hydroxylation sites is 1. The largest absolute Gasteiger partial charge is 0.510 e. The first-order valence-corrected chi connectivity index (χ1v) is 24.5. The Morgan fingerprint density at radius 1 is 0.553 bits per heavy atom. The Labute approximate surface area is 483 Å². The molecule has 0 N–H and O–H groups in total. The Morgan fingerprint density at radius 3 is 1.86 bits per heavy atom. The molecule has 0 aliphatic rings. The van der Waals surface area contributed by atoms with E-state index in [1.165, 1.54) is 57.2 Å². The molecule has 9 aromatic carbocycles. The number of hydrogen-bond donors (Lipinski definition) is 0. The van der Waals surface area contributed by atoms with Gasteiger partial charge >= 0.3 is 0 Å². The van der Waals surface area contributed by atoms with Crippen LogP contribution in [-0.2, 0) is 31.9 Å². The van der Waals surface area contributed by atoms with Gasteiger partial charge in [-0.25, -0.2) is 4.98 Å². The van der Waals surface area contributed by atoms with E-state index in [9.17, 15) is 5.48 Å². The molecule has 0 aliphatic heterocycles. The third kappa shape index (κ3) is 9.28. The molecule has 0 saturated heterocycles. The van der Waals surface area contributed by atoms with E-state index in [0.717, 1.165) is 33.0 Å². The normalized spacial score (nSPS) is 15.2. The van der Waals surface area contributed by atoms with E-state index in [1.807, 2.05) is 18.2 Å². The summed E-state index contributed by atoms with van der Waals surface area (Å²) in [5.41, 5.74) is 5.50. The van der Waals surface area contributed by atoms with Gasteiger partial charge in [0.15, 0.2) is 0 Å². The maximum absolute atomic E-state index is 9.22.